The van der Waals surface area contributed by atoms with E-state index in [1.165, 1.54) is 25.9 Å². The van der Waals surface area contributed by atoms with Crippen LogP contribution >= 0.6 is 0 Å². The molecule has 1 amide bonds. The van der Waals surface area contributed by atoms with Gasteiger partial charge in [0.05, 0.1) is 11.0 Å². The van der Waals surface area contributed by atoms with Crippen molar-refractivity contribution in [2.24, 2.45) is 11.8 Å². The number of H-pyrrole nitrogens is 1. The maximum absolute atomic E-state index is 12.5. The van der Waals surface area contributed by atoms with Crippen molar-refractivity contribution in [2.75, 3.05) is 44.2 Å². The van der Waals surface area contributed by atoms with Crippen LogP contribution in [-0.2, 0) is 4.79 Å². The lowest BCUT2D eigenvalue weighted by Gasteiger charge is -2.31. The van der Waals surface area contributed by atoms with Gasteiger partial charge in [-0.25, -0.2) is 4.98 Å². The summed E-state index contributed by atoms with van der Waals surface area (Å²) in [5, 5.41) is 3.17. The molecule has 2 aliphatic heterocycles. The third kappa shape index (κ3) is 4.66. The van der Waals surface area contributed by atoms with Gasteiger partial charge in [0.25, 0.3) is 0 Å². The first kappa shape index (κ1) is 19.2. The number of para-hydroxylation sites is 2. The van der Waals surface area contributed by atoms with Crippen molar-refractivity contribution in [3.05, 3.63) is 24.3 Å². The number of anilines is 1. The van der Waals surface area contributed by atoms with Crippen molar-refractivity contribution in [3.63, 3.8) is 0 Å². The SMILES string of the molecule is C[C@H]1CCCN(CCCNC(=O)C2CCN(c3nc4ccccc4[nH]3)CC2)C1. The zero-order chi connectivity index (χ0) is 19.3. The fourth-order valence-electron chi connectivity index (χ4n) is 4.59. The first-order valence-corrected chi connectivity index (χ1v) is 10.9. The Balaban J connectivity index is 1.17. The van der Waals surface area contributed by atoms with E-state index in [0.29, 0.717) is 0 Å². The van der Waals surface area contributed by atoms with Crippen LogP contribution in [-0.4, -0.2) is 60.0 Å². The average Bonchev–Trinajstić information content (AvgIpc) is 3.15. The van der Waals surface area contributed by atoms with Crippen LogP contribution in [0.25, 0.3) is 11.0 Å². The normalized spacial score (nSPS) is 21.9. The molecule has 0 spiro atoms. The predicted molar refractivity (Wildman–Crippen MR) is 113 cm³/mol. The van der Waals surface area contributed by atoms with Gasteiger partial charge in [-0.15, -0.1) is 0 Å². The fraction of sp³-hybridized carbons (Fsp3) is 0.636. The highest BCUT2D eigenvalue weighted by Crippen LogP contribution is 2.23. The topological polar surface area (TPSA) is 64.3 Å². The van der Waals surface area contributed by atoms with Gasteiger partial charge < -0.3 is 20.1 Å². The predicted octanol–water partition coefficient (Wildman–Crippen LogP) is 3.02. The van der Waals surface area contributed by atoms with Crippen LogP contribution < -0.4 is 10.2 Å². The van der Waals surface area contributed by atoms with Crippen LogP contribution in [0.1, 0.15) is 39.0 Å². The molecular weight excluding hydrogens is 350 g/mol. The minimum atomic E-state index is 0.135. The molecule has 0 saturated carbocycles. The number of benzene rings is 1. The number of likely N-dealkylation sites (tertiary alicyclic amines) is 1. The van der Waals surface area contributed by atoms with Crippen molar-refractivity contribution < 1.29 is 4.79 Å². The Morgan fingerprint density at radius 1 is 1.21 bits per heavy atom. The molecule has 0 aliphatic carbocycles. The maximum atomic E-state index is 12.5. The number of hydrogen-bond donors (Lipinski definition) is 2. The summed E-state index contributed by atoms with van der Waals surface area (Å²) in [6.45, 7) is 8.44. The molecule has 28 heavy (non-hydrogen) atoms. The molecule has 6 heteroatoms. The standard InChI is InChI=1S/C22H33N5O/c1-17-6-4-12-26(16-17)13-5-11-23-21(28)18-9-14-27(15-10-18)22-24-19-7-2-3-8-20(19)25-22/h2-3,7-8,17-18H,4-6,9-16H2,1H3,(H,23,28)(H,24,25)/t17-/m0/s1. The van der Waals surface area contributed by atoms with E-state index in [2.05, 4.69) is 38.1 Å². The molecule has 1 atom stereocenters. The van der Waals surface area contributed by atoms with Crippen molar-refractivity contribution in [1.82, 2.24) is 20.2 Å². The lowest BCUT2D eigenvalue weighted by molar-refractivity contribution is -0.125. The molecule has 1 aromatic carbocycles. The van der Waals surface area contributed by atoms with Gasteiger partial charge in [-0.2, -0.15) is 0 Å². The van der Waals surface area contributed by atoms with Gasteiger partial charge in [0.1, 0.15) is 0 Å². The highest BCUT2D eigenvalue weighted by Gasteiger charge is 2.26. The summed E-state index contributed by atoms with van der Waals surface area (Å²) in [6.07, 6.45) is 5.52. The number of aromatic nitrogens is 2. The summed E-state index contributed by atoms with van der Waals surface area (Å²) >= 11 is 0. The van der Waals surface area contributed by atoms with Crippen molar-refractivity contribution >= 4 is 22.9 Å². The molecule has 4 rings (SSSR count). The van der Waals surface area contributed by atoms with Crippen LogP contribution in [0.2, 0.25) is 0 Å². The average molecular weight is 384 g/mol. The van der Waals surface area contributed by atoms with Gasteiger partial charge in [-0.05, 0) is 63.2 Å². The van der Waals surface area contributed by atoms with E-state index >= 15 is 0 Å². The van der Waals surface area contributed by atoms with Gasteiger partial charge >= 0.3 is 0 Å². The van der Waals surface area contributed by atoms with E-state index in [1.54, 1.807) is 0 Å². The van der Waals surface area contributed by atoms with Gasteiger partial charge in [0.15, 0.2) is 0 Å². The van der Waals surface area contributed by atoms with E-state index in [4.69, 9.17) is 0 Å². The van der Waals surface area contributed by atoms with Gasteiger partial charge in [-0.3, -0.25) is 4.79 Å². The minimum Gasteiger partial charge on any atom is -0.356 e. The molecule has 0 radical (unpaired) electrons. The Kier molecular flexibility index (Phi) is 6.15. The van der Waals surface area contributed by atoms with Crippen LogP contribution in [0.15, 0.2) is 24.3 Å². The molecule has 3 heterocycles. The molecule has 2 N–H and O–H groups in total. The second kappa shape index (κ2) is 8.95. The van der Waals surface area contributed by atoms with Crippen molar-refractivity contribution in [2.45, 2.75) is 39.0 Å². The molecule has 2 fully saturated rings. The Labute approximate surface area is 167 Å². The first-order chi connectivity index (χ1) is 13.7. The molecular formula is C22H33N5O. The maximum Gasteiger partial charge on any atom is 0.223 e. The third-order valence-corrected chi connectivity index (χ3v) is 6.23. The monoisotopic (exact) mass is 383 g/mol. The number of fused-ring (bicyclic) bond motifs is 1. The van der Waals surface area contributed by atoms with E-state index < -0.39 is 0 Å². The summed E-state index contributed by atoms with van der Waals surface area (Å²) in [6, 6.07) is 8.11. The molecule has 2 aliphatic rings. The number of amides is 1. The quantitative estimate of drug-likeness (QED) is 0.753. The second-order valence-corrected chi connectivity index (χ2v) is 8.53. The number of rotatable bonds is 6. The zero-order valence-corrected chi connectivity index (χ0v) is 17.0. The fourth-order valence-corrected chi connectivity index (χ4v) is 4.59. The highest BCUT2D eigenvalue weighted by molar-refractivity contribution is 5.79. The lowest BCUT2D eigenvalue weighted by Crippen LogP contribution is -2.42. The largest absolute Gasteiger partial charge is 0.356 e. The second-order valence-electron chi connectivity index (χ2n) is 8.53. The number of carbonyl (C=O) groups excluding carboxylic acids is 1. The molecule has 0 bridgehead atoms. The van der Waals surface area contributed by atoms with Gasteiger partial charge in [-0.1, -0.05) is 19.1 Å². The van der Waals surface area contributed by atoms with E-state index in [1.807, 2.05) is 18.2 Å². The molecule has 2 aromatic rings. The first-order valence-electron chi connectivity index (χ1n) is 10.9. The summed E-state index contributed by atoms with van der Waals surface area (Å²) in [5.74, 6) is 2.11. The number of hydrogen-bond acceptors (Lipinski definition) is 4. The summed E-state index contributed by atoms with van der Waals surface area (Å²) in [7, 11) is 0. The van der Waals surface area contributed by atoms with Crippen molar-refractivity contribution in [1.29, 1.82) is 0 Å². The minimum absolute atomic E-state index is 0.135. The molecule has 6 nitrogen and oxygen atoms in total. The summed E-state index contributed by atoms with van der Waals surface area (Å²) in [4.78, 5) is 25.4. The molecule has 0 unspecified atom stereocenters. The Morgan fingerprint density at radius 2 is 2.04 bits per heavy atom. The Hall–Kier alpha value is -2.08. The van der Waals surface area contributed by atoms with Crippen LogP contribution in [0.5, 0.6) is 0 Å². The van der Waals surface area contributed by atoms with Crippen LogP contribution in [0, 0.1) is 11.8 Å². The molecule has 152 valence electrons. The van der Waals surface area contributed by atoms with E-state index in [-0.39, 0.29) is 11.8 Å². The number of aromatic amines is 1. The van der Waals surface area contributed by atoms with Crippen LogP contribution in [0.4, 0.5) is 5.95 Å². The van der Waals surface area contributed by atoms with Crippen molar-refractivity contribution in [3.8, 4) is 0 Å². The summed E-state index contributed by atoms with van der Waals surface area (Å²) in [5.41, 5.74) is 2.07. The lowest BCUT2D eigenvalue weighted by atomic mass is 9.96. The van der Waals surface area contributed by atoms with E-state index in [0.717, 1.165) is 68.3 Å². The highest BCUT2D eigenvalue weighted by atomic mass is 16.1. The number of imidazole rings is 1. The smallest absolute Gasteiger partial charge is 0.223 e. The number of nitrogens with zero attached hydrogens (tertiary/aromatic N) is 3. The number of carbonyl (C=O) groups is 1. The Bertz CT molecular complexity index is 747. The number of piperidine rings is 2. The molecule has 2 saturated heterocycles. The van der Waals surface area contributed by atoms with Gasteiger partial charge in [0, 0.05) is 32.1 Å². The number of nitrogens with one attached hydrogen (secondary N) is 2. The molecule has 1 aromatic heterocycles. The Morgan fingerprint density at radius 3 is 2.82 bits per heavy atom. The van der Waals surface area contributed by atoms with E-state index in [9.17, 15) is 4.79 Å². The van der Waals surface area contributed by atoms with Gasteiger partial charge in [0.2, 0.25) is 11.9 Å². The zero-order valence-electron chi connectivity index (χ0n) is 17.0. The van der Waals surface area contributed by atoms with Crippen LogP contribution in [0.3, 0.4) is 0 Å². The summed E-state index contributed by atoms with van der Waals surface area (Å²) < 4.78 is 0. The third-order valence-electron chi connectivity index (χ3n) is 6.23.